The van der Waals surface area contributed by atoms with E-state index in [2.05, 4.69) is 44.3 Å². The van der Waals surface area contributed by atoms with Crippen molar-refractivity contribution in [1.29, 1.82) is 0 Å². The molecule has 1 aromatic rings. The first-order valence-corrected chi connectivity index (χ1v) is 8.46. The molecule has 0 aliphatic carbocycles. The van der Waals surface area contributed by atoms with Gasteiger partial charge < -0.3 is 11.1 Å². The van der Waals surface area contributed by atoms with Crippen molar-refractivity contribution in [3.05, 3.63) is 34.3 Å². The number of hydrogen-bond acceptors (Lipinski definition) is 3. The Hall–Kier alpha value is -0.910. The standard InChI is InChI=1S/C16H22BrN3O/c17-13-4-2-1-3-12(13)15(9-18)20-8-7-14-11(10-20)5-6-16(21)19-14/h1-4,11,14-15H,5-10,18H2,(H,19,21). The number of hydrogen-bond donors (Lipinski definition) is 2. The van der Waals surface area contributed by atoms with E-state index in [1.165, 1.54) is 5.56 Å². The molecular formula is C16H22BrN3O. The fraction of sp³-hybridized carbons (Fsp3) is 0.562. The third-order valence-electron chi connectivity index (χ3n) is 4.78. The van der Waals surface area contributed by atoms with Crippen LogP contribution in [-0.2, 0) is 4.79 Å². The van der Waals surface area contributed by atoms with Crippen molar-refractivity contribution in [1.82, 2.24) is 10.2 Å². The Morgan fingerprint density at radius 1 is 1.38 bits per heavy atom. The molecule has 2 heterocycles. The summed E-state index contributed by atoms with van der Waals surface area (Å²) in [6.45, 7) is 2.63. The normalized spacial score (nSPS) is 27.8. The zero-order valence-electron chi connectivity index (χ0n) is 12.1. The SMILES string of the molecule is NCC(c1ccccc1Br)N1CCC2NC(=O)CCC2C1. The molecular weight excluding hydrogens is 330 g/mol. The quantitative estimate of drug-likeness (QED) is 0.876. The maximum Gasteiger partial charge on any atom is 0.220 e. The summed E-state index contributed by atoms with van der Waals surface area (Å²) in [4.78, 5) is 14.0. The summed E-state index contributed by atoms with van der Waals surface area (Å²) in [6.07, 6.45) is 2.69. The molecule has 0 spiro atoms. The number of fused-ring (bicyclic) bond motifs is 1. The van der Waals surface area contributed by atoms with Crippen LogP contribution in [-0.4, -0.2) is 36.5 Å². The molecule has 1 amide bonds. The van der Waals surface area contributed by atoms with Gasteiger partial charge in [0.05, 0.1) is 0 Å². The van der Waals surface area contributed by atoms with E-state index in [9.17, 15) is 4.79 Å². The van der Waals surface area contributed by atoms with Gasteiger partial charge in [0.25, 0.3) is 0 Å². The molecule has 0 saturated carbocycles. The smallest absolute Gasteiger partial charge is 0.220 e. The van der Waals surface area contributed by atoms with Gasteiger partial charge in [-0.2, -0.15) is 0 Å². The second-order valence-corrected chi connectivity index (χ2v) is 6.88. The molecule has 21 heavy (non-hydrogen) atoms. The molecule has 2 fully saturated rings. The van der Waals surface area contributed by atoms with Crippen molar-refractivity contribution >= 4 is 21.8 Å². The lowest BCUT2D eigenvalue weighted by Crippen LogP contribution is -2.55. The second kappa shape index (κ2) is 6.46. The third kappa shape index (κ3) is 3.15. The first-order valence-electron chi connectivity index (χ1n) is 7.67. The van der Waals surface area contributed by atoms with Gasteiger partial charge in [-0.1, -0.05) is 34.1 Å². The topological polar surface area (TPSA) is 58.4 Å². The van der Waals surface area contributed by atoms with Crippen molar-refractivity contribution in [2.45, 2.75) is 31.3 Å². The maximum atomic E-state index is 11.5. The van der Waals surface area contributed by atoms with Gasteiger partial charge in [-0.15, -0.1) is 0 Å². The summed E-state index contributed by atoms with van der Waals surface area (Å²) in [7, 11) is 0. The predicted octanol–water partition coefficient (Wildman–Crippen LogP) is 2.05. The summed E-state index contributed by atoms with van der Waals surface area (Å²) in [6, 6.07) is 8.93. The average molecular weight is 352 g/mol. The lowest BCUT2D eigenvalue weighted by molar-refractivity contribution is -0.125. The number of carbonyl (C=O) groups excluding carboxylic acids is 1. The molecule has 3 atom stereocenters. The Morgan fingerprint density at radius 2 is 2.19 bits per heavy atom. The van der Waals surface area contributed by atoms with Crippen molar-refractivity contribution in [3.63, 3.8) is 0 Å². The molecule has 5 heteroatoms. The summed E-state index contributed by atoms with van der Waals surface area (Å²) >= 11 is 3.64. The van der Waals surface area contributed by atoms with E-state index in [0.717, 1.165) is 30.4 Å². The summed E-state index contributed by atoms with van der Waals surface area (Å²) in [5.41, 5.74) is 7.32. The van der Waals surface area contributed by atoms with Gasteiger partial charge in [-0.3, -0.25) is 9.69 Å². The largest absolute Gasteiger partial charge is 0.353 e. The molecule has 4 nitrogen and oxygen atoms in total. The Balaban J connectivity index is 1.74. The van der Waals surface area contributed by atoms with Gasteiger partial charge in [-0.05, 0) is 30.4 Å². The molecule has 0 aromatic heterocycles. The van der Waals surface area contributed by atoms with Crippen molar-refractivity contribution in [3.8, 4) is 0 Å². The molecule has 3 N–H and O–H groups in total. The van der Waals surface area contributed by atoms with E-state index in [1.54, 1.807) is 0 Å². The van der Waals surface area contributed by atoms with Gasteiger partial charge in [0, 0.05) is 42.6 Å². The summed E-state index contributed by atoms with van der Waals surface area (Å²) in [5, 5.41) is 3.14. The van der Waals surface area contributed by atoms with Crippen LogP contribution < -0.4 is 11.1 Å². The van der Waals surface area contributed by atoms with Crippen LogP contribution in [0.25, 0.3) is 0 Å². The Bertz CT molecular complexity index is 522. The number of carbonyl (C=O) groups is 1. The highest BCUT2D eigenvalue weighted by Crippen LogP contribution is 2.33. The molecule has 3 unspecified atom stereocenters. The fourth-order valence-corrected chi connectivity index (χ4v) is 4.19. The number of nitrogens with one attached hydrogen (secondary N) is 1. The Kier molecular flexibility index (Phi) is 4.62. The van der Waals surface area contributed by atoms with E-state index in [1.807, 2.05) is 6.07 Å². The Morgan fingerprint density at radius 3 is 2.95 bits per heavy atom. The minimum absolute atomic E-state index is 0.214. The highest BCUT2D eigenvalue weighted by molar-refractivity contribution is 9.10. The van der Waals surface area contributed by atoms with Crippen LogP contribution in [0.1, 0.15) is 30.9 Å². The monoisotopic (exact) mass is 351 g/mol. The highest BCUT2D eigenvalue weighted by Gasteiger charge is 2.36. The van der Waals surface area contributed by atoms with E-state index < -0.39 is 0 Å². The van der Waals surface area contributed by atoms with E-state index in [0.29, 0.717) is 24.9 Å². The fourth-order valence-electron chi connectivity index (χ4n) is 3.64. The minimum Gasteiger partial charge on any atom is -0.353 e. The zero-order valence-corrected chi connectivity index (χ0v) is 13.7. The average Bonchev–Trinajstić information content (AvgIpc) is 2.50. The van der Waals surface area contributed by atoms with E-state index >= 15 is 0 Å². The zero-order chi connectivity index (χ0) is 14.8. The van der Waals surface area contributed by atoms with Crippen molar-refractivity contribution in [2.24, 2.45) is 11.7 Å². The molecule has 114 valence electrons. The van der Waals surface area contributed by atoms with Crippen LogP contribution in [0.4, 0.5) is 0 Å². The lowest BCUT2D eigenvalue weighted by Gasteiger charge is -2.44. The second-order valence-electron chi connectivity index (χ2n) is 6.03. The first-order chi connectivity index (χ1) is 10.2. The number of amides is 1. The van der Waals surface area contributed by atoms with Gasteiger partial charge in [0.15, 0.2) is 0 Å². The molecule has 0 bridgehead atoms. The number of nitrogens with two attached hydrogens (primary N) is 1. The number of likely N-dealkylation sites (tertiary alicyclic amines) is 1. The van der Waals surface area contributed by atoms with Crippen LogP contribution in [0.2, 0.25) is 0 Å². The number of nitrogens with zero attached hydrogens (tertiary/aromatic N) is 1. The number of halogens is 1. The maximum absolute atomic E-state index is 11.5. The molecule has 2 aliphatic heterocycles. The van der Waals surface area contributed by atoms with Gasteiger partial charge >= 0.3 is 0 Å². The predicted molar refractivity (Wildman–Crippen MR) is 86.8 cm³/mol. The molecule has 3 rings (SSSR count). The summed E-state index contributed by atoms with van der Waals surface area (Å²) in [5.74, 6) is 0.777. The Labute approximate surface area is 134 Å². The first kappa shape index (κ1) is 15.0. The lowest BCUT2D eigenvalue weighted by atomic mass is 9.84. The summed E-state index contributed by atoms with van der Waals surface area (Å²) < 4.78 is 1.12. The minimum atomic E-state index is 0.214. The third-order valence-corrected chi connectivity index (χ3v) is 5.50. The van der Waals surface area contributed by atoms with Gasteiger partial charge in [-0.25, -0.2) is 0 Å². The molecule has 2 saturated heterocycles. The van der Waals surface area contributed by atoms with E-state index in [-0.39, 0.29) is 11.9 Å². The van der Waals surface area contributed by atoms with Gasteiger partial charge in [0.2, 0.25) is 5.91 Å². The highest BCUT2D eigenvalue weighted by atomic mass is 79.9. The van der Waals surface area contributed by atoms with Crippen LogP contribution in [0.3, 0.4) is 0 Å². The molecule has 2 aliphatic rings. The number of rotatable bonds is 3. The van der Waals surface area contributed by atoms with Crippen LogP contribution in [0.5, 0.6) is 0 Å². The molecule has 1 aromatic carbocycles. The number of piperidine rings is 2. The van der Waals surface area contributed by atoms with Gasteiger partial charge in [0.1, 0.15) is 0 Å². The number of benzene rings is 1. The van der Waals surface area contributed by atoms with Crippen LogP contribution >= 0.6 is 15.9 Å². The van der Waals surface area contributed by atoms with Crippen molar-refractivity contribution in [2.75, 3.05) is 19.6 Å². The van der Waals surface area contributed by atoms with E-state index in [4.69, 9.17) is 5.73 Å². The molecule has 0 radical (unpaired) electrons. The van der Waals surface area contributed by atoms with Crippen molar-refractivity contribution < 1.29 is 4.79 Å². The van der Waals surface area contributed by atoms with Crippen LogP contribution in [0.15, 0.2) is 28.7 Å². The van der Waals surface area contributed by atoms with Crippen LogP contribution in [0, 0.1) is 5.92 Å².